The molecule has 3 aliphatic rings. The number of terminal acetylenes is 1. The third-order valence-corrected chi connectivity index (χ3v) is 9.71. The van der Waals surface area contributed by atoms with Crippen LogP contribution in [0.2, 0.25) is 0 Å². The van der Waals surface area contributed by atoms with E-state index in [2.05, 4.69) is 22.7 Å². The summed E-state index contributed by atoms with van der Waals surface area (Å²) in [7, 11) is -4.00. The normalized spacial score (nSPS) is 30.6. The Balaban J connectivity index is 1.29. The van der Waals surface area contributed by atoms with Gasteiger partial charge in [0, 0.05) is 30.2 Å². The number of thiophene rings is 1. The first-order chi connectivity index (χ1) is 16.7. The van der Waals surface area contributed by atoms with Gasteiger partial charge in [-0.25, -0.2) is 18.5 Å². The first kappa shape index (κ1) is 24.9. The molecular weight excluding hydrogens is 486 g/mol. The molecule has 8 nitrogen and oxygen atoms in total. The summed E-state index contributed by atoms with van der Waals surface area (Å²) in [5.74, 6) is 3.48. The highest BCUT2D eigenvalue weighted by atomic mass is 32.2. The van der Waals surface area contributed by atoms with Gasteiger partial charge in [0.15, 0.2) is 5.44 Å². The van der Waals surface area contributed by atoms with Crippen LogP contribution < -0.4 is 9.88 Å². The smallest absolute Gasteiger partial charge is 0.235 e. The average molecular weight is 520 g/mol. The molecule has 2 aliphatic carbocycles. The lowest BCUT2D eigenvalue weighted by Crippen LogP contribution is -2.51. The van der Waals surface area contributed by atoms with Crippen molar-refractivity contribution in [2.24, 2.45) is 5.14 Å². The summed E-state index contributed by atoms with van der Waals surface area (Å²) in [6.45, 7) is 3.77. The van der Waals surface area contributed by atoms with E-state index in [1.165, 1.54) is 4.88 Å². The van der Waals surface area contributed by atoms with Crippen molar-refractivity contribution in [3.05, 3.63) is 22.7 Å². The quantitative estimate of drug-likeness (QED) is 0.564. The lowest BCUT2D eigenvalue weighted by Gasteiger charge is -2.42. The van der Waals surface area contributed by atoms with Gasteiger partial charge in [0.25, 0.3) is 0 Å². The summed E-state index contributed by atoms with van der Waals surface area (Å²) in [6.07, 6.45) is 13.3. The fourth-order valence-electron chi connectivity index (χ4n) is 5.92. The Morgan fingerprint density at radius 3 is 2.83 bits per heavy atom. The number of aryl methyl sites for hydroxylation is 1. The van der Waals surface area contributed by atoms with Gasteiger partial charge in [0.2, 0.25) is 10.0 Å². The number of pyridine rings is 1. The van der Waals surface area contributed by atoms with Gasteiger partial charge in [-0.05, 0) is 69.4 Å². The molecule has 0 aromatic carbocycles. The molecule has 4 atom stereocenters. The van der Waals surface area contributed by atoms with E-state index < -0.39 is 15.5 Å². The maximum atomic E-state index is 11.6. The zero-order valence-electron chi connectivity index (χ0n) is 19.9. The summed E-state index contributed by atoms with van der Waals surface area (Å²) in [4.78, 5) is 9.13. The van der Waals surface area contributed by atoms with Crippen molar-refractivity contribution < 1.29 is 23.0 Å². The predicted octanol–water partition coefficient (Wildman–Crippen LogP) is 2.74. The van der Waals surface area contributed by atoms with Gasteiger partial charge in [-0.2, -0.15) is 0 Å². The Labute approximate surface area is 210 Å². The van der Waals surface area contributed by atoms with Gasteiger partial charge in [-0.1, -0.05) is 5.92 Å². The van der Waals surface area contributed by atoms with E-state index in [9.17, 15) is 13.5 Å². The third kappa shape index (κ3) is 5.22. The highest BCUT2D eigenvalue weighted by Gasteiger charge is 2.35. The van der Waals surface area contributed by atoms with E-state index in [0.29, 0.717) is 6.04 Å². The maximum absolute atomic E-state index is 11.6. The van der Waals surface area contributed by atoms with E-state index in [-0.39, 0.29) is 30.7 Å². The van der Waals surface area contributed by atoms with Gasteiger partial charge in [0.1, 0.15) is 16.7 Å². The van der Waals surface area contributed by atoms with Crippen LogP contribution in [0.4, 0.5) is 0 Å². The van der Waals surface area contributed by atoms with Crippen LogP contribution in [0.1, 0.15) is 61.8 Å². The predicted molar refractivity (Wildman–Crippen MR) is 136 cm³/mol. The van der Waals surface area contributed by atoms with E-state index in [1.807, 2.05) is 6.07 Å². The van der Waals surface area contributed by atoms with Crippen molar-refractivity contribution in [3.8, 4) is 18.1 Å². The fraction of sp³-hybridized carbons (Fsp3) is 0.640. The van der Waals surface area contributed by atoms with Crippen LogP contribution >= 0.6 is 11.3 Å². The van der Waals surface area contributed by atoms with Crippen LogP contribution in [0.3, 0.4) is 0 Å². The minimum atomic E-state index is -4.00. The fourth-order valence-corrected chi connectivity index (χ4v) is 7.68. The van der Waals surface area contributed by atoms with E-state index in [4.69, 9.17) is 21.0 Å². The van der Waals surface area contributed by atoms with Crippen molar-refractivity contribution in [3.63, 3.8) is 0 Å². The molecule has 0 unspecified atom stereocenters. The number of nitrogens with two attached hydrogens (primary N) is 1. The first-order valence-corrected chi connectivity index (χ1v) is 14.8. The molecule has 190 valence electrons. The van der Waals surface area contributed by atoms with Crippen molar-refractivity contribution in [2.75, 3.05) is 13.1 Å². The van der Waals surface area contributed by atoms with Crippen LogP contribution in [0, 0.1) is 12.3 Å². The SMILES string of the molecule is C#C[C@@H]1CN(C2CCC(Oc3ccnc4sc5c(c34)[C@@H](C[C@H](O)S(N)(=O)=O)CC5)CC2)C[C@@H](C)O1. The summed E-state index contributed by atoms with van der Waals surface area (Å²) < 4.78 is 35.6. The molecule has 3 N–H and O–H groups in total. The maximum Gasteiger partial charge on any atom is 0.235 e. The van der Waals surface area contributed by atoms with Crippen LogP contribution in [0.25, 0.3) is 10.2 Å². The number of rotatable bonds is 6. The summed E-state index contributed by atoms with van der Waals surface area (Å²) in [5, 5.41) is 16.3. The second-order valence-electron chi connectivity index (χ2n) is 10.0. The van der Waals surface area contributed by atoms with Crippen LogP contribution in [0.15, 0.2) is 12.3 Å². The zero-order valence-corrected chi connectivity index (χ0v) is 21.6. The lowest BCUT2D eigenvalue weighted by molar-refractivity contribution is -0.0715. The molecule has 0 bridgehead atoms. The van der Waals surface area contributed by atoms with Crippen molar-refractivity contribution in [2.45, 2.75) is 87.6 Å². The van der Waals surface area contributed by atoms with Crippen molar-refractivity contribution in [1.29, 1.82) is 0 Å². The highest BCUT2D eigenvalue weighted by Crippen LogP contribution is 2.48. The molecule has 1 saturated heterocycles. The van der Waals surface area contributed by atoms with Crippen molar-refractivity contribution >= 4 is 31.6 Å². The molecule has 1 saturated carbocycles. The number of primary sulfonamides is 1. The number of sulfonamides is 1. The topological polar surface area (TPSA) is 115 Å². The van der Waals surface area contributed by atoms with Gasteiger partial charge in [-0.3, -0.25) is 4.90 Å². The molecule has 10 heteroatoms. The van der Waals surface area contributed by atoms with Crippen LogP contribution in [-0.2, 0) is 21.2 Å². The number of aromatic nitrogens is 1. The number of hydrogen-bond acceptors (Lipinski definition) is 8. The molecule has 0 radical (unpaired) electrons. The molecule has 5 rings (SSSR count). The average Bonchev–Trinajstić information content (AvgIpc) is 3.38. The monoisotopic (exact) mass is 519 g/mol. The van der Waals surface area contributed by atoms with Crippen LogP contribution in [0.5, 0.6) is 5.75 Å². The standard InChI is InChI=1S/C25H33N3O5S2/c1-3-18-14-28(13-15(2)32-18)17-5-7-19(8-6-17)33-20-10-11-27-25-24(20)23-16(4-9-21(23)34-25)12-22(29)35(26,30)31/h1,10-11,15-19,22,29H,4-9,12-14H2,2H3,(H2,26,30,31)/t15-,16-,17?,18-,19?,22-/m1/s1. The molecular formula is C25H33N3O5S2. The highest BCUT2D eigenvalue weighted by molar-refractivity contribution is 7.89. The number of morpholine rings is 1. The summed E-state index contributed by atoms with van der Waals surface area (Å²) in [5.41, 5.74) is -0.492. The Morgan fingerprint density at radius 1 is 1.34 bits per heavy atom. The Hall–Kier alpha value is -1.74. The Morgan fingerprint density at radius 2 is 2.11 bits per heavy atom. The number of fused-ring (bicyclic) bond motifs is 3. The third-order valence-electron chi connectivity index (χ3n) is 7.59. The molecule has 1 aliphatic heterocycles. The van der Waals surface area contributed by atoms with Crippen molar-refractivity contribution in [1.82, 2.24) is 9.88 Å². The number of aliphatic hydroxyl groups is 1. The zero-order chi connectivity index (χ0) is 24.7. The molecule has 2 fully saturated rings. The molecule has 35 heavy (non-hydrogen) atoms. The van der Waals surface area contributed by atoms with E-state index in [1.54, 1.807) is 17.5 Å². The van der Waals surface area contributed by atoms with Gasteiger partial charge >= 0.3 is 0 Å². The van der Waals surface area contributed by atoms with Gasteiger partial charge in [0.05, 0.1) is 17.6 Å². The largest absolute Gasteiger partial charge is 0.490 e. The molecule has 2 aromatic rings. The van der Waals surface area contributed by atoms with E-state index >= 15 is 0 Å². The van der Waals surface area contributed by atoms with Gasteiger partial charge in [-0.15, -0.1) is 17.8 Å². The molecule has 3 heterocycles. The minimum Gasteiger partial charge on any atom is -0.490 e. The minimum absolute atomic E-state index is 0.0817. The Bertz CT molecular complexity index is 1220. The Kier molecular flexibility index (Phi) is 7.09. The number of ether oxygens (including phenoxy) is 2. The van der Waals surface area contributed by atoms with Crippen LogP contribution in [-0.4, -0.2) is 66.3 Å². The number of nitrogens with zero attached hydrogens (tertiary/aromatic N) is 2. The molecule has 0 spiro atoms. The van der Waals surface area contributed by atoms with E-state index in [0.717, 1.165) is 73.1 Å². The lowest BCUT2D eigenvalue weighted by atomic mass is 9.91. The molecule has 0 amide bonds. The number of hydrogen-bond donors (Lipinski definition) is 2. The summed E-state index contributed by atoms with van der Waals surface area (Å²) >= 11 is 1.63. The second-order valence-corrected chi connectivity index (χ2v) is 12.9. The first-order valence-electron chi connectivity index (χ1n) is 12.3. The molecule has 2 aromatic heterocycles. The second kappa shape index (κ2) is 9.96. The van der Waals surface area contributed by atoms with Gasteiger partial charge < -0.3 is 14.6 Å². The number of aliphatic hydroxyl groups excluding tert-OH is 1. The summed E-state index contributed by atoms with van der Waals surface area (Å²) in [6, 6.07) is 2.40.